The molecule has 0 saturated carbocycles. The van der Waals surface area contributed by atoms with Crippen molar-refractivity contribution in [2.75, 3.05) is 19.7 Å². The van der Waals surface area contributed by atoms with Gasteiger partial charge < -0.3 is 30.7 Å². The minimum Gasteiger partial charge on any atom is -0.457 e. The Morgan fingerprint density at radius 3 is 2.44 bits per heavy atom. The van der Waals surface area contributed by atoms with Gasteiger partial charge in [0.2, 0.25) is 11.8 Å². The van der Waals surface area contributed by atoms with Gasteiger partial charge in [-0.1, -0.05) is 18.2 Å². The summed E-state index contributed by atoms with van der Waals surface area (Å²) in [6.45, 7) is 0.927. The van der Waals surface area contributed by atoms with Crippen molar-refractivity contribution in [3.63, 3.8) is 0 Å². The first-order valence-electron chi connectivity index (χ1n) is 12.6. The summed E-state index contributed by atoms with van der Waals surface area (Å²) in [5.74, 6) is 0.214. The van der Waals surface area contributed by atoms with Crippen molar-refractivity contribution < 1.29 is 23.9 Å². The Hall–Kier alpha value is -4.22. The molecule has 1 spiro atoms. The van der Waals surface area contributed by atoms with Gasteiger partial charge in [-0.2, -0.15) is 0 Å². The molecule has 0 unspecified atom stereocenters. The second kappa shape index (κ2) is 11.3. The van der Waals surface area contributed by atoms with Crippen molar-refractivity contribution in [2.45, 2.75) is 31.0 Å². The quantitative estimate of drug-likeness (QED) is 0.239. The van der Waals surface area contributed by atoms with Gasteiger partial charge in [-0.25, -0.2) is 0 Å². The van der Waals surface area contributed by atoms with E-state index in [-0.39, 0.29) is 30.7 Å². The third kappa shape index (κ3) is 6.10. The van der Waals surface area contributed by atoms with Crippen LogP contribution in [0.5, 0.6) is 11.5 Å². The van der Waals surface area contributed by atoms with Gasteiger partial charge in [0.15, 0.2) is 0 Å². The monoisotopic (exact) mass is 547 g/mol. The number of thiophene rings is 1. The zero-order valence-corrected chi connectivity index (χ0v) is 22.0. The molecule has 1 aromatic heterocycles. The lowest BCUT2D eigenvalue weighted by Crippen LogP contribution is -2.50. The predicted octanol–water partition coefficient (Wildman–Crippen LogP) is 2.63. The van der Waals surface area contributed by atoms with E-state index in [0.717, 1.165) is 11.3 Å². The van der Waals surface area contributed by atoms with E-state index >= 15 is 0 Å². The van der Waals surface area contributed by atoms with Crippen LogP contribution < -0.4 is 21.1 Å². The maximum atomic E-state index is 13.2. The Labute approximate surface area is 229 Å². The average Bonchev–Trinajstić information content (AvgIpc) is 3.57. The second-order valence-corrected chi connectivity index (χ2v) is 10.6. The summed E-state index contributed by atoms with van der Waals surface area (Å²) in [6, 6.07) is 17.0. The van der Waals surface area contributed by atoms with Crippen LogP contribution in [0.2, 0.25) is 0 Å². The van der Waals surface area contributed by atoms with Crippen LogP contribution in [0.4, 0.5) is 0 Å². The van der Waals surface area contributed by atoms with Gasteiger partial charge in [0, 0.05) is 34.2 Å². The molecule has 2 saturated heterocycles. The number of nitrogens with two attached hydrogens (primary N) is 1. The highest BCUT2D eigenvalue weighted by Crippen LogP contribution is 2.39. The van der Waals surface area contributed by atoms with Crippen LogP contribution >= 0.6 is 11.3 Å². The number of hydrogen-bond donors (Lipinski definition) is 4. The fraction of sp³-hybridized carbons (Fsp3) is 0.286. The van der Waals surface area contributed by atoms with E-state index < -0.39 is 17.6 Å². The molecule has 5 N–H and O–H groups in total. The third-order valence-electron chi connectivity index (χ3n) is 6.89. The summed E-state index contributed by atoms with van der Waals surface area (Å²) >= 11 is 1.40. The van der Waals surface area contributed by atoms with E-state index in [1.165, 1.54) is 16.2 Å². The molecule has 202 valence electrons. The molecular formula is C28H29N5O5S. The highest BCUT2D eigenvalue weighted by Gasteiger charge is 2.52. The van der Waals surface area contributed by atoms with Crippen molar-refractivity contribution in [3.05, 3.63) is 82.0 Å². The van der Waals surface area contributed by atoms with Crippen LogP contribution in [0.25, 0.3) is 0 Å². The number of ether oxygens (including phenoxy) is 2. The number of amides is 3. The topological polar surface area (TPSA) is 147 Å². The molecule has 5 rings (SSSR count). The number of hydrogen-bond acceptors (Lipinski definition) is 7. The largest absolute Gasteiger partial charge is 0.457 e. The van der Waals surface area contributed by atoms with Crippen molar-refractivity contribution >= 4 is 34.9 Å². The van der Waals surface area contributed by atoms with E-state index in [4.69, 9.17) is 20.6 Å². The summed E-state index contributed by atoms with van der Waals surface area (Å²) in [5, 5.41) is 14.8. The number of nitrogen functional groups attached to an aromatic ring is 1. The Balaban J connectivity index is 1.16. The van der Waals surface area contributed by atoms with Crippen molar-refractivity contribution in [1.29, 1.82) is 5.41 Å². The molecule has 3 amide bonds. The fourth-order valence-corrected chi connectivity index (χ4v) is 5.51. The number of carbonyl (C=O) groups is 3. The van der Waals surface area contributed by atoms with E-state index in [1.807, 2.05) is 30.3 Å². The number of rotatable bonds is 9. The highest BCUT2D eigenvalue weighted by molar-refractivity contribution is 7.10. The highest BCUT2D eigenvalue weighted by atomic mass is 32.1. The van der Waals surface area contributed by atoms with Gasteiger partial charge in [-0.15, -0.1) is 11.3 Å². The lowest BCUT2D eigenvalue weighted by Gasteiger charge is -2.38. The average molecular weight is 548 g/mol. The third-order valence-corrected chi connectivity index (χ3v) is 7.82. The van der Waals surface area contributed by atoms with Crippen molar-refractivity contribution in [2.24, 2.45) is 5.73 Å². The first-order chi connectivity index (χ1) is 18.8. The number of nitrogens with zero attached hydrogens (tertiary/aromatic N) is 1. The van der Waals surface area contributed by atoms with Crippen LogP contribution in [0, 0.1) is 5.41 Å². The molecule has 3 heterocycles. The van der Waals surface area contributed by atoms with Crippen LogP contribution in [0.15, 0.2) is 66.0 Å². The zero-order valence-electron chi connectivity index (χ0n) is 21.1. The second-order valence-electron chi connectivity index (χ2n) is 9.58. The van der Waals surface area contributed by atoms with Gasteiger partial charge in [0.05, 0.1) is 31.8 Å². The zero-order chi connectivity index (χ0) is 27.4. The Morgan fingerprint density at radius 2 is 1.79 bits per heavy atom. The molecular weight excluding hydrogens is 518 g/mol. The first-order valence-corrected chi connectivity index (χ1v) is 13.4. The first kappa shape index (κ1) is 26.4. The fourth-order valence-electron chi connectivity index (χ4n) is 4.69. The summed E-state index contributed by atoms with van der Waals surface area (Å²) in [7, 11) is 0. The van der Waals surface area contributed by atoms with Crippen LogP contribution in [0.3, 0.4) is 0 Å². The van der Waals surface area contributed by atoms with E-state index in [2.05, 4.69) is 10.6 Å². The lowest BCUT2D eigenvalue weighted by atomic mass is 9.92. The predicted molar refractivity (Wildman–Crippen MR) is 146 cm³/mol. The molecule has 2 atom stereocenters. The van der Waals surface area contributed by atoms with Gasteiger partial charge >= 0.3 is 0 Å². The molecule has 0 aliphatic carbocycles. The number of para-hydroxylation sites is 1. The van der Waals surface area contributed by atoms with Crippen molar-refractivity contribution in [3.8, 4) is 11.5 Å². The molecule has 39 heavy (non-hydrogen) atoms. The maximum Gasteiger partial charge on any atom is 0.251 e. The number of benzene rings is 2. The Morgan fingerprint density at radius 1 is 1.08 bits per heavy atom. The van der Waals surface area contributed by atoms with E-state index in [9.17, 15) is 14.4 Å². The van der Waals surface area contributed by atoms with E-state index in [0.29, 0.717) is 42.2 Å². The lowest BCUT2D eigenvalue weighted by molar-refractivity contribution is -0.145. The molecule has 2 fully saturated rings. The van der Waals surface area contributed by atoms with Crippen LogP contribution in [-0.2, 0) is 20.9 Å². The standard InChI is InChI=1S/C28H29N5O5S/c29-25(30)19-12-22(39-16-19)14-31-27(36)23-13-28(10-11-37-28)17-33(23)24(34)15-32-26(35)18-6-8-21(9-7-18)38-20-4-2-1-3-5-20/h1-9,12,16,23H,10-11,13-15,17H2,(H3,29,30)(H,31,36)(H,32,35)/t23-,28+/m0/s1. The Bertz CT molecular complexity index is 1370. The van der Waals surface area contributed by atoms with Gasteiger partial charge in [0.25, 0.3) is 5.91 Å². The molecule has 2 aliphatic rings. The molecule has 11 heteroatoms. The summed E-state index contributed by atoms with van der Waals surface area (Å²) in [6.07, 6.45) is 1.18. The molecule has 2 aromatic carbocycles. The van der Waals surface area contributed by atoms with E-state index in [1.54, 1.807) is 35.7 Å². The number of likely N-dealkylation sites (tertiary alicyclic amines) is 1. The minimum atomic E-state index is -0.698. The molecule has 2 aliphatic heterocycles. The minimum absolute atomic E-state index is 0.0287. The number of nitrogens with one attached hydrogen (secondary N) is 3. The normalized spacial score (nSPS) is 19.8. The summed E-state index contributed by atoms with van der Waals surface area (Å²) < 4.78 is 11.5. The van der Waals surface area contributed by atoms with Crippen molar-refractivity contribution in [1.82, 2.24) is 15.5 Å². The number of carbonyl (C=O) groups excluding carboxylic acids is 3. The van der Waals surface area contributed by atoms with Gasteiger partial charge in [-0.05, 0) is 42.5 Å². The van der Waals surface area contributed by atoms with Gasteiger partial charge in [-0.3, -0.25) is 19.8 Å². The Kier molecular flexibility index (Phi) is 7.62. The maximum absolute atomic E-state index is 13.2. The smallest absolute Gasteiger partial charge is 0.251 e. The SMILES string of the molecule is N=C(N)c1csc(CNC(=O)[C@@H]2C[C@]3(CCO3)CN2C(=O)CNC(=O)c2ccc(Oc3ccccc3)cc2)c1. The molecule has 0 bridgehead atoms. The summed E-state index contributed by atoms with van der Waals surface area (Å²) in [4.78, 5) is 41.3. The molecule has 3 aromatic rings. The summed E-state index contributed by atoms with van der Waals surface area (Å²) in [5.41, 5.74) is 6.00. The van der Waals surface area contributed by atoms with Crippen LogP contribution in [0.1, 0.15) is 33.6 Å². The van der Waals surface area contributed by atoms with Crippen LogP contribution in [-0.4, -0.2) is 59.8 Å². The van der Waals surface area contributed by atoms with Gasteiger partial charge in [0.1, 0.15) is 23.4 Å². The number of amidine groups is 1. The molecule has 0 radical (unpaired) electrons. The molecule has 10 nitrogen and oxygen atoms in total.